The molecule has 3 heteroatoms. The van der Waals surface area contributed by atoms with Gasteiger partial charge in [-0.3, -0.25) is 4.79 Å². The molecule has 1 atom stereocenters. The van der Waals surface area contributed by atoms with Gasteiger partial charge < -0.3 is 4.74 Å². The van der Waals surface area contributed by atoms with E-state index in [4.69, 9.17) is 16.3 Å². The molecular weight excluding hydrogens is 188 g/mol. The number of carbonyl (C=O) groups excluding carboxylic acids is 1. The summed E-state index contributed by atoms with van der Waals surface area (Å²) in [6.07, 6.45) is 0.108. The van der Waals surface area contributed by atoms with Gasteiger partial charge in [-0.05, 0) is 35.7 Å². The summed E-state index contributed by atoms with van der Waals surface area (Å²) in [7, 11) is 0. The van der Waals surface area contributed by atoms with Crippen molar-refractivity contribution in [1.29, 1.82) is 0 Å². The smallest absolute Gasteiger partial charge is 0.262 e. The summed E-state index contributed by atoms with van der Waals surface area (Å²) in [5.74, 6) is 0.791. The van der Waals surface area contributed by atoms with Gasteiger partial charge in [0.2, 0.25) is 0 Å². The molecule has 68 valence electrons. The molecule has 1 aromatic carbocycles. The highest BCUT2D eigenvalue weighted by molar-refractivity contribution is 6.64. The number of carbonyl (C=O) groups is 1. The van der Waals surface area contributed by atoms with Gasteiger partial charge in [0.25, 0.3) is 5.24 Å². The van der Waals surface area contributed by atoms with Gasteiger partial charge in [-0.25, -0.2) is 0 Å². The average molecular weight is 197 g/mol. The van der Waals surface area contributed by atoms with E-state index in [1.165, 1.54) is 0 Å². The van der Waals surface area contributed by atoms with Crippen molar-refractivity contribution in [2.75, 3.05) is 0 Å². The van der Waals surface area contributed by atoms with Crippen molar-refractivity contribution in [2.45, 2.75) is 19.4 Å². The maximum absolute atomic E-state index is 10.8. The summed E-state index contributed by atoms with van der Waals surface area (Å²) < 4.78 is 5.37. The molecule has 0 saturated heterocycles. The fourth-order valence-electron chi connectivity index (χ4n) is 1.46. The quantitative estimate of drug-likeness (QED) is 0.643. The van der Waals surface area contributed by atoms with Crippen molar-refractivity contribution in [1.82, 2.24) is 0 Å². The molecule has 2 rings (SSSR count). The molecule has 0 saturated carbocycles. The topological polar surface area (TPSA) is 26.3 Å². The Labute approximate surface area is 81.5 Å². The molecule has 0 aliphatic carbocycles. The number of halogens is 1. The van der Waals surface area contributed by atoms with Gasteiger partial charge >= 0.3 is 0 Å². The Morgan fingerprint density at radius 1 is 1.62 bits per heavy atom. The molecule has 0 amide bonds. The second-order valence-corrected chi connectivity index (χ2v) is 3.60. The zero-order chi connectivity index (χ0) is 9.42. The third-order valence-corrected chi connectivity index (χ3v) is 2.39. The van der Waals surface area contributed by atoms with E-state index in [2.05, 4.69) is 0 Å². The van der Waals surface area contributed by atoms with Gasteiger partial charge in [0.05, 0.1) is 0 Å². The number of ether oxygens (including phenoxy) is 1. The van der Waals surface area contributed by atoms with Crippen molar-refractivity contribution in [2.24, 2.45) is 0 Å². The number of fused-ring (bicyclic) bond motifs is 1. The van der Waals surface area contributed by atoms with Crippen LogP contribution in [-0.2, 0) is 11.2 Å². The Morgan fingerprint density at radius 3 is 3.08 bits per heavy atom. The van der Waals surface area contributed by atoms with E-state index in [0.717, 1.165) is 16.9 Å². The average Bonchev–Trinajstić information content (AvgIpc) is 2.46. The first kappa shape index (κ1) is 8.57. The predicted molar refractivity (Wildman–Crippen MR) is 50.2 cm³/mol. The van der Waals surface area contributed by atoms with Gasteiger partial charge in [-0.15, -0.1) is 0 Å². The first-order chi connectivity index (χ1) is 6.16. The van der Waals surface area contributed by atoms with Crippen molar-refractivity contribution < 1.29 is 9.53 Å². The van der Waals surface area contributed by atoms with Crippen LogP contribution in [0, 0.1) is 6.92 Å². The lowest BCUT2D eigenvalue weighted by Crippen LogP contribution is -2.20. The number of aryl methyl sites for hydroxylation is 1. The van der Waals surface area contributed by atoms with E-state index in [0.29, 0.717) is 6.42 Å². The minimum atomic E-state index is -0.488. The molecule has 1 aromatic rings. The SMILES string of the molecule is Cc1ccc2c(c1)OC(C(=O)Cl)C2. The molecule has 0 radical (unpaired) electrons. The van der Waals surface area contributed by atoms with Gasteiger partial charge in [-0.2, -0.15) is 0 Å². The Kier molecular flexibility index (Phi) is 2.00. The molecule has 1 heterocycles. The molecule has 13 heavy (non-hydrogen) atoms. The lowest BCUT2D eigenvalue weighted by Gasteiger charge is -2.03. The van der Waals surface area contributed by atoms with E-state index < -0.39 is 11.3 Å². The third-order valence-electron chi connectivity index (χ3n) is 2.15. The van der Waals surface area contributed by atoms with Crippen molar-refractivity contribution >= 4 is 16.8 Å². The Morgan fingerprint density at radius 2 is 2.38 bits per heavy atom. The fourth-order valence-corrected chi connectivity index (χ4v) is 1.58. The van der Waals surface area contributed by atoms with Crippen LogP contribution in [0.15, 0.2) is 18.2 Å². The van der Waals surface area contributed by atoms with Crippen LogP contribution < -0.4 is 4.74 Å². The van der Waals surface area contributed by atoms with Gasteiger partial charge in [-0.1, -0.05) is 12.1 Å². The normalized spacial score (nSPS) is 19.4. The molecule has 0 aromatic heterocycles. The lowest BCUT2D eigenvalue weighted by molar-refractivity contribution is -0.117. The number of hydrogen-bond acceptors (Lipinski definition) is 2. The van der Waals surface area contributed by atoms with E-state index >= 15 is 0 Å². The van der Waals surface area contributed by atoms with Gasteiger partial charge in [0, 0.05) is 6.42 Å². The van der Waals surface area contributed by atoms with Crippen LogP contribution in [0.2, 0.25) is 0 Å². The second-order valence-electron chi connectivity index (χ2n) is 3.23. The van der Waals surface area contributed by atoms with E-state index in [-0.39, 0.29) is 0 Å². The third kappa shape index (κ3) is 1.54. The largest absolute Gasteiger partial charge is 0.481 e. The fraction of sp³-hybridized carbons (Fsp3) is 0.300. The van der Waals surface area contributed by atoms with Crippen LogP contribution in [0.3, 0.4) is 0 Å². The Hall–Kier alpha value is -1.02. The highest BCUT2D eigenvalue weighted by Gasteiger charge is 2.27. The van der Waals surface area contributed by atoms with Crippen molar-refractivity contribution in [3.8, 4) is 5.75 Å². The molecular formula is C10H9ClO2. The summed E-state index contributed by atoms with van der Waals surface area (Å²) >= 11 is 5.35. The van der Waals surface area contributed by atoms with Crippen LogP contribution in [0.5, 0.6) is 5.75 Å². The summed E-state index contributed by atoms with van der Waals surface area (Å²) in [4.78, 5) is 10.8. The van der Waals surface area contributed by atoms with Crippen molar-refractivity contribution in [3.63, 3.8) is 0 Å². The van der Waals surface area contributed by atoms with Gasteiger partial charge in [0.15, 0.2) is 6.10 Å². The monoisotopic (exact) mass is 196 g/mol. The maximum Gasteiger partial charge on any atom is 0.262 e. The minimum Gasteiger partial charge on any atom is -0.481 e. The first-order valence-corrected chi connectivity index (χ1v) is 4.50. The van der Waals surface area contributed by atoms with E-state index in [9.17, 15) is 4.79 Å². The standard InChI is InChI=1S/C10H9ClO2/c1-6-2-3-7-5-9(10(11)12)13-8(7)4-6/h2-4,9H,5H2,1H3. The lowest BCUT2D eigenvalue weighted by atomic mass is 10.1. The molecule has 0 fully saturated rings. The van der Waals surface area contributed by atoms with Crippen molar-refractivity contribution in [3.05, 3.63) is 29.3 Å². The zero-order valence-corrected chi connectivity index (χ0v) is 7.97. The molecule has 0 bridgehead atoms. The summed E-state index contributed by atoms with van der Waals surface area (Å²) in [6.45, 7) is 1.99. The predicted octanol–water partition coefficient (Wildman–Crippen LogP) is 2.06. The van der Waals surface area contributed by atoms with Gasteiger partial charge in [0.1, 0.15) is 5.75 Å². The molecule has 1 unspecified atom stereocenters. The number of benzene rings is 1. The molecule has 2 nitrogen and oxygen atoms in total. The van der Waals surface area contributed by atoms with Crippen LogP contribution in [0.25, 0.3) is 0 Å². The molecule has 1 aliphatic rings. The number of rotatable bonds is 1. The highest BCUT2D eigenvalue weighted by atomic mass is 35.5. The first-order valence-electron chi connectivity index (χ1n) is 4.12. The maximum atomic E-state index is 10.8. The zero-order valence-electron chi connectivity index (χ0n) is 7.21. The van der Waals surface area contributed by atoms with E-state index in [1.54, 1.807) is 0 Å². The summed E-state index contributed by atoms with van der Waals surface area (Å²) in [5.41, 5.74) is 2.19. The van der Waals surface area contributed by atoms with Crippen LogP contribution in [-0.4, -0.2) is 11.3 Å². The van der Waals surface area contributed by atoms with Crippen LogP contribution in [0.1, 0.15) is 11.1 Å². The second kappa shape index (κ2) is 3.04. The highest BCUT2D eigenvalue weighted by Crippen LogP contribution is 2.30. The Balaban J connectivity index is 2.30. The van der Waals surface area contributed by atoms with Crippen LogP contribution >= 0.6 is 11.6 Å². The minimum absolute atomic E-state index is 0.422. The molecule has 0 N–H and O–H groups in total. The summed E-state index contributed by atoms with van der Waals surface area (Å²) in [5, 5.41) is -0.422. The Bertz CT molecular complexity index is 360. The van der Waals surface area contributed by atoms with Crippen LogP contribution in [0.4, 0.5) is 0 Å². The summed E-state index contributed by atoms with van der Waals surface area (Å²) in [6, 6.07) is 5.91. The molecule has 1 aliphatic heterocycles. The van der Waals surface area contributed by atoms with E-state index in [1.807, 2.05) is 25.1 Å². The number of hydrogen-bond donors (Lipinski definition) is 0. The molecule has 0 spiro atoms.